The summed E-state index contributed by atoms with van der Waals surface area (Å²) in [6.45, 7) is 0. The maximum absolute atomic E-state index is 12.7. The molecule has 3 aromatic rings. The van der Waals surface area contributed by atoms with Gasteiger partial charge in [-0.3, -0.25) is 0 Å². The van der Waals surface area contributed by atoms with E-state index in [1.54, 1.807) is 38.5 Å². The summed E-state index contributed by atoms with van der Waals surface area (Å²) in [6, 6.07) is 21.9. The van der Waals surface area contributed by atoms with Crippen LogP contribution in [0.4, 0.5) is 4.79 Å². The zero-order chi connectivity index (χ0) is 24.1. The van der Waals surface area contributed by atoms with Gasteiger partial charge in [0.2, 0.25) is 0 Å². The minimum atomic E-state index is -0.719. The lowest BCUT2D eigenvalue weighted by molar-refractivity contribution is 0.0368. The standard InChI is InChI=1S/C26H24N2O6/c1-31-18-12-8-16(9-13-18)22(24-20-6-4-5-7-21(20)25(29)34-24)23(27-28-26(30)33-3)17-10-14-19(32-2)15-11-17/h4-15,22,24H,1-3H3,(H,28,30)/b27-23+. The van der Waals surface area contributed by atoms with Crippen molar-refractivity contribution in [2.45, 2.75) is 12.0 Å². The van der Waals surface area contributed by atoms with Crippen molar-refractivity contribution in [3.63, 3.8) is 0 Å². The van der Waals surface area contributed by atoms with Gasteiger partial charge in [-0.05, 0) is 53.6 Å². The number of hydrogen-bond donors (Lipinski definition) is 1. The van der Waals surface area contributed by atoms with Crippen molar-refractivity contribution in [1.82, 2.24) is 5.43 Å². The van der Waals surface area contributed by atoms with Crippen molar-refractivity contribution < 1.29 is 28.5 Å². The van der Waals surface area contributed by atoms with E-state index in [9.17, 15) is 9.59 Å². The Morgan fingerprint density at radius 3 is 2.15 bits per heavy atom. The molecule has 8 heteroatoms. The van der Waals surface area contributed by atoms with Crippen LogP contribution in [0.15, 0.2) is 77.9 Å². The average Bonchev–Trinajstić information content (AvgIpc) is 3.22. The van der Waals surface area contributed by atoms with E-state index < -0.39 is 24.1 Å². The van der Waals surface area contributed by atoms with Gasteiger partial charge in [-0.15, -0.1) is 0 Å². The van der Waals surface area contributed by atoms with Crippen molar-refractivity contribution in [3.8, 4) is 11.5 Å². The fourth-order valence-corrected chi connectivity index (χ4v) is 3.94. The van der Waals surface area contributed by atoms with Crippen LogP contribution in [0, 0.1) is 0 Å². The Labute approximate surface area is 197 Å². The summed E-state index contributed by atoms with van der Waals surface area (Å²) >= 11 is 0. The highest BCUT2D eigenvalue weighted by molar-refractivity contribution is 6.07. The van der Waals surface area contributed by atoms with Gasteiger partial charge in [-0.25, -0.2) is 15.0 Å². The maximum Gasteiger partial charge on any atom is 0.427 e. The number of fused-ring (bicyclic) bond motifs is 1. The van der Waals surface area contributed by atoms with Crippen LogP contribution in [0.25, 0.3) is 0 Å². The zero-order valence-electron chi connectivity index (χ0n) is 19.0. The highest BCUT2D eigenvalue weighted by atomic mass is 16.6. The van der Waals surface area contributed by atoms with Crippen molar-refractivity contribution in [1.29, 1.82) is 0 Å². The second kappa shape index (κ2) is 10.1. The van der Waals surface area contributed by atoms with E-state index in [1.165, 1.54) is 7.11 Å². The number of hydrogen-bond acceptors (Lipinski definition) is 7. The minimum Gasteiger partial charge on any atom is -0.497 e. The Hall–Kier alpha value is -4.33. The van der Waals surface area contributed by atoms with E-state index in [2.05, 4.69) is 10.5 Å². The van der Waals surface area contributed by atoms with Gasteiger partial charge >= 0.3 is 12.1 Å². The fraction of sp³-hybridized carbons (Fsp3) is 0.192. The molecule has 2 atom stereocenters. The molecule has 3 aromatic carbocycles. The third kappa shape index (κ3) is 4.56. The summed E-state index contributed by atoms with van der Waals surface area (Å²) in [7, 11) is 4.43. The highest BCUT2D eigenvalue weighted by Crippen LogP contribution is 2.43. The lowest BCUT2D eigenvalue weighted by atomic mass is 9.82. The number of carbonyl (C=O) groups is 2. The van der Waals surface area contributed by atoms with Gasteiger partial charge in [0.1, 0.15) is 17.6 Å². The first-order valence-corrected chi connectivity index (χ1v) is 10.6. The molecule has 1 N–H and O–H groups in total. The third-order valence-electron chi connectivity index (χ3n) is 5.63. The summed E-state index contributed by atoms with van der Waals surface area (Å²) < 4.78 is 21.2. The van der Waals surface area contributed by atoms with Crippen molar-refractivity contribution in [2.75, 3.05) is 21.3 Å². The van der Waals surface area contributed by atoms with Crippen LogP contribution in [-0.4, -0.2) is 39.1 Å². The Balaban J connectivity index is 1.88. The Bertz CT molecular complexity index is 1200. The summed E-state index contributed by atoms with van der Waals surface area (Å²) in [5, 5.41) is 4.41. The molecule has 1 aliphatic rings. The van der Waals surface area contributed by atoms with Crippen LogP contribution in [0.1, 0.15) is 39.1 Å². The largest absolute Gasteiger partial charge is 0.497 e. The Morgan fingerprint density at radius 1 is 0.912 bits per heavy atom. The molecule has 0 fully saturated rings. The smallest absolute Gasteiger partial charge is 0.427 e. The molecule has 174 valence electrons. The molecule has 2 unspecified atom stereocenters. The first-order chi connectivity index (χ1) is 16.5. The summed E-state index contributed by atoms with van der Waals surface area (Å²) in [5.74, 6) is 0.391. The molecule has 1 aliphatic heterocycles. The molecule has 0 aromatic heterocycles. The van der Waals surface area contributed by atoms with E-state index in [-0.39, 0.29) is 0 Å². The number of cyclic esters (lactones) is 1. The molecule has 0 bridgehead atoms. The van der Waals surface area contributed by atoms with E-state index in [0.29, 0.717) is 28.3 Å². The summed E-state index contributed by atoms with van der Waals surface area (Å²) in [6.07, 6.45) is -1.39. The van der Waals surface area contributed by atoms with Gasteiger partial charge in [-0.2, -0.15) is 5.10 Å². The topological polar surface area (TPSA) is 95.5 Å². The van der Waals surface area contributed by atoms with Crippen molar-refractivity contribution >= 4 is 17.8 Å². The number of methoxy groups -OCH3 is 3. The number of esters is 1. The van der Waals surface area contributed by atoms with Crippen LogP contribution in [0.5, 0.6) is 11.5 Å². The number of rotatable bonds is 7. The summed E-state index contributed by atoms with van der Waals surface area (Å²) in [5.41, 5.74) is 5.67. The summed E-state index contributed by atoms with van der Waals surface area (Å²) in [4.78, 5) is 24.6. The number of benzene rings is 3. The second-order valence-electron chi connectivity index (χ2n) is 7.49. The van der Waals surface area contributed by atoms with Gasteiger partial charge in [-0.1, -0.05) is 30.3 Å². The highest BCUT2D eigenvalue weighted by Gasteiger charge is 2.40. The maximum atomic E-state index is 12.7. The predicted molar refractivity (Wildman–Crippen MR) is 125 cm³/mol. The zero-order valence-corrected chi connectivity index (χ0v) is 19.0. The first kappa shape index (κ1) is 22.8. The van der Waals surface area contributed by atoms with Gasteiger partial charge < -0.3 is 18.9 Å². The number of nitrogens with one attached hydrogen (secondary N) is 1. The normalized spacial score (nSPS) is 15.7. The van der Waals surface area contributed by atoms with E-state index >= 15 is 0 Å². The van der Waals surface area contributed by atoms with E-state index in [4.69, 9.17) is 18.9 Å². The van der Waals surface area contributed by atoms with Crippen LogP contribution < -0.4 is 14.9 Å². The van der Waals surface area contributed by atoms with Crippen molar-refractivity contribution in [2.24, 2.45) is 5.10 Å². The monoisotopic (exact) mass is 460 g/mol. The molecule has 0 saturated carbocycles. The number of amides is 1. The van der Waals surface area contributed by atoms with Gasteiger partial charge in [0.05, 0.1) is 38.5 Å². The number of nitrogens with zero attached hydrogens (tertiary/aromatic N) is 1. The Kier molecular flexibility index (Phi) is 6.77. The van der Waals surface area contributed by atoms with Crippen LogP contribution in [0.3, 0.4) is 0 Å². The number of hydrazone groups is 1. The van der Waals surface area contributed by atoms with Gasteiger partial charge in [0.15, 0.2) is 0 Å². The van der Waals surface area contributed by atoms with Crippen LogP contribution in [-0.2, 0) is 9.47 Å². The minimum absolute atomic E-state index is 0.408. The predicted octanol–water partition coefficient (Wildman–Crippen LogP) is 4.46. The molecule has 1 amide bonds. The fourth-order valence-electron chi connectivity index (χ4n) is 3.94. The molecular formula is C26H24N2O6. The van der Waals surface area contributed by atoms with Gasteiger partial charge in [0, 0.05) is 5.56 Å². The molecule has 0 spiro atoms. The SMILES string of the molecule is COC(=O)N/N=C(\c1ccc(OC)cc1)C(c1ccc(OC)cc1)C1OC(=O)c2ccccc21. The Morgan fingerprint density at radius 2 is 1.53 bits per heavy atom. The molecule has 0 saturated heterocycles. The molecular weight excluding hydrogens is 436 g/mol. The van der Waals surface area contributed by atoms with E-state index in [1.807, 2.05) is 48.5 Å². The molecule has 4 rings (SSSR count). The quantitative estimate of drug-likeness (QED) is 0.318. The molecule has 1 heterocycles. The molecule has 8 nitrogen and oxygen atoms in total. The third-order valence-corrected chi connectivity index (χ3v) is 5.63. The van der Waals surface area contributed by atoms with Gasteiger partial charge in [0.25, 0.3) is 0 Å². The number of carbonyl (C=O) groups excluding carboxylic acids is 2. The van der Waals surface area contributed by atoms with Crippen LogP contribution >= 0.6 is 0 Å². The lowest BCUT2D eigenvalue weighted by Crippen LogP contribution is -2.26. The number of ether oxygens (including phenoxy) is 4. The molecule has 0 radical (unpaired) electrons. The second-order valence-corrected chi connectivity index (χ2v) is 7.49. The average molecular weight is 460 g/mol. The van der Waals surface area contributed by atoms with Crippen LogP contribution in [0.2, 0.25) is 0 Å². The molecule has 0 aliphatic carbocycles. The van der Waals surface area contributed by atoms with E-state index in [0.717, 1.165) is 11.1 Å². The molecule has 34 heavy (non-hydrogen) atoms. The first-order valence-electron chi connectivity index (χ1n) is 10.6. The lowest BCUT2D eigenvalue weighted by Gasteiger charge is -2.26. The van der Waals surface area contributed by atoms with Crippen molar-refractivity contribution in [3.05, 3.63) is 95.1 Å².